The fraction of sp³-hybridized carbons (Fsp3) is 0.231. The molecule has 0 bridgehead atoms. The van der Waals surface area contributed by atoms with E-state index in [-0.39, 0.29) is 17.6 Å². The van der Waals surface area contributed by atoms with Gasteiger partial charge in [-0.25, -0.2) is 4.98 Å². The third kappa shape index (κ3) is 2.78. The number of nitrogens with zero attached hydrogens (tertiary/aromatic N) is 1. The third-order valence-electron chi connectivity index (χ3n) is 2.49. The van der Waals surface area contributed by atoms with Crippen LogP contribution in [-0.4, -0.2) is 28.6 Å². The van der Waals surface area contributed by atoms with E-state index < -0.39 is 6.10 Å². The van der Waals surface area contributed by atoms with Crippen LogP contribution in [-0.2, 0) is 0 Å². The van der Waals surface area contributed by atoms with E-state index in [2.05, 4.69) is 10.3 Å². The average Bonchev–Trinajstić information content (AvgIpc) is 2.34. The van der Waals surface area contributed by atoms with Crippen molar-refractivity contribution in [2.24, 2.45) is 0 Å². The average molecular weight is 265 g/mol. The number of pyridine rings is 1. The zero-order valence-electron chi connectivity index (χ0n) is 9.85. The van der Waals surface area contributed by atoms with E-state index in [1.165, 1.54) is 6.07 Å². The number of nitrogens with one attached hydrogen (secondary N) is 1. The molecule has 0 saturated carbocycles. The van der Waals surface area contributed by atoms with Crippen LogP contribution >= 0.6 is 11.6 Å². The summed E-state index contributed by atoms with van der Waals surface area (Å²) in [6.45, 7) is 1.81. The molecule has 2 aromatic rings. The van der Waals surface area contributed by atoms with Gasteiger partial charge in [-0.05, 0) is 19.1 Å². The number of halogens is 1. The first-order valence-electron chi connectivity index (χ1n) is 5.59. The highest BCUT2D eigenvalue weighted by atomic mass is 35.5. The molecule has 4 nitrogen and oxygen atoms in total. The number of para-hydroxylation sites is 1. The minimum Gasteiger partial charge on any atom is -0.392 e. The van der Waals surface area contributed by atoms with Crippen molar-refractivity contribution in [1.82, 2.24) is 10.3 Å². The molecule has 1 atom stereocenters. The molecule has 1 aromatic heterocycles. The highest BCUT2D eigenvalue weighted by Gasteiger charge is 2.12. The second kappa shape index (κ2) is 5.33. The molecule has 0 unspecified atom stereocenters. The molecular weight excluding hydrogens is 252 g/mol. The molecule has 2 rings (SSSR count). The van der Waals surface area contributed by atoms with Crippen LogP contribution in [0.25, 0.3) is 10.9 Å². The molecule has 94 valence electrons. The van der Waals surface area contributed by atoms with Gasteiger partial charge in [0.25, 0.3) is 5.91 Å². The third-order valence-corrected chi connectivity index (χ3v) is 2.68. The van der Waals surface area contributed by atoms with Gasteiger partial charge in [-0.1, -0.05) is 29.8 Å². The molecule has 0 fully saturated rings. The van der Waals surface area contributed by atoms with E-state index in [1.807, 2.05) is 18.2 Å². The highest BCUT2D eigenvalue weighted by Crippen LogP contribution is 2.20. The van der Waals surface area contributed by atoms with E-state index in [0.717, 1.165) is 5.39 Å². The number of rotatable bonds is 3. The molecule has 2 N–H and O–H groups in total. The maximum absolute atomic E-state index is 12.0. The Morgan fingerprint density at radius 3 is 2.94 bits per heavy atom. The van der Waals surface area contributed by atoms with Gasteiger partial charge in [0, 0.05) is 11.9 Å². The van der Waals surface area contributed by atoms with Gasteiger partial charge < -0.3 is 10.4 Å². The predicted octanol–water partition coefficient (Wildman–Crippen LogP) is 2.00. The van der Waals surface area contributed by atoms with Gasteiger partial charge in [-0.15, -0.1) is 0 Å². The number of aliphatic hydroxyl groups is 1. The van der Waals surface area contributed by atoms with Gasteiger partial charge in [0.1, 0.15) is 5.15 Å². The summed E-state index contributed by atoms with van der Waals surface area (Å²) in [5, 5.41) is 12.8. The lowest BCUT2D eigenvalue weighted by molar-refractivity contribution is 0.0925. The van der Waals surface area contributed by atoms with Gasteiger partial charge in [0.15, 0.2) is 0 Å². The van der Waals surface area contributed by atoms with Crippen LogP contribution in [0.1, 0.15) is 17.3 Å². The van der Waals surface area contributed by atoms with Crippen LogP contribution in [0.15, 0.2) is 30.3 Å². The molecule has 1 amide bonds. The molecule has 0 aliphatic rings. The quantitative estimate of drug-likeness (QED) is 0.834. The lowest BCUT2D eigenvalue weighted by Crippen LogP contribution is -2.30. The molecule has 1 heterocycles. The van der Waals surface area contributed by atoms with Crippen LogP contribution in [0, 0.1) is 0 Å². The van der Waals surface area contributed by atoms with Crippen LogP contribution in [0.3, 0.4) is 0 Å². The number of benzene rings is 1. The predicted molar refractivity (Wildman–Crippen MR) is 70.8 cm³/mol. The highest BCUT2D eigenvalue weighted by molar-refractivity contribution is 6.30. The van der Waals surface area contributed by atoms with Crippen molar-refractivity contribution in [1.29, 1.82) is 0 Å². The normalized spacial score (nSPS) is 12.4. The molecular formula is C13H13ClN2O2. The van der Waals surface area contributed by atoms with Gasteiger partial charge >= 0.3 is 0 Å². The number of amides is 1. The van der Waals surface area contributed by atoms with Crippen molar-refractivity contribution < 1.29 is 9.90 Å². The monoisotopic (exact) mass is 264 g/mol. The van der Waals surface area contributed by atoms with Gasteiger partial charge in [0.05, 0.1) is 17.2 Å². The minimum atomic E-state index is -0.586. The van der Waals surface area contributed by atoms with Crippen molar-refractivity contribution in [3.05, 3.63) is 41.0 Å². The molecule has 0 radical (unpaired) electrons. The van der Waals surface area contributed by atoms with Crippen LogP contribution in [0.2, 0.25) is 5.15 Å². The summed E-state index contributed by atoms with van der Waals surface area (Å²) >= 11 is 5.89. The Morgan fingerprint density at radius 2 is 2.22 bits per heavy atom. The minimum absolute atomic E-state index is 0.201. The van der Waals surface area contributed by atoms with Crippen LogP contribution in [0.4, 0.5) is 0 Å². The maximum atomic E-state index is 12.0. The summed E-state index contributed by atoms with van der Waals surface area (Å²) in [7, 11) is 0. The van der Waals surface area contributed by atoms with Crippen LogP contribution in [0.5, 0.6) is 0 Å². The topological polar surface area (TPSA) is 62.2 Å². The number of fused-ring (bicyclic) bond motifs is 1. The van der Waals surface area contributed by atoms with E-state index >= 15 is 0 Å². The lowest BCUT2D eigenvalue weighted by Gasteiger charge is -2.09. The molecule has 0 spiro atoms. The molecule has 18 heavy (non-hydrogen) atoms. The van der Waals surface area contributed by atoms with E-state index in [9.17, 15) is 4.79 Å². The molecule has 0 aliphatic carbocycles. The van der Waals surface area contributed by atoms with Crippen LogP contribution < -0.4 is 5.32 Å². The molecule has 1 aromatic carbocycles. The maximum Gasteiger partial charge on any atom is 0.252 e. The van der Waals surface area contributed by atoms with E-state index in [0.29, 0.717) is 11.1 Å². The fourth-order valence-electron chi connectivity index (χ4n) is 1.67. The Kier molecular flexibility index (Phi) is 3.79. The smallest absolute Gasteiger partial charge is 0.252 e. The van der Waals surface area contributed by atoms with Crippen molar-refractivity contribution >= 4 is 28.4 Å². The molecule has 0 saturated heterocycles. The summed E-state index contributed by atoms with van der Waals surface area (Å²) < 4.78 is 0. The van der Waals surface area contributed by atoms with Gasteiger partial charge in [-0.2, -0.15) is 0 Å². The number of hydrogen-bond donors (Lipinski definition) is 2. The Labute approximate surface area is 110 Å². The summed E-state index contributed by atoms with van der Waals surface area (Å²) in [6, 6.07) is 8.82. The fourth-order valence-corrected chi connectivity index (χ4v) is 1.87. The lowest BCUT2D eigenvalue weighted by atomic mass is 10.1. The second-order valence-electron chi connectivity index (χ2n) is 4.07. The van der Waals surface area contributed by atoms with Crippen molar-refractivity contribution in [3.8, 4) is 0 Å². The number of carbonyl (C=O) groups is 1. The summed E-state index contributed by atoms with van der Waals surface area (Å²) in [5.74, 6) is -0.267. The summed E-state index contributed by atoms with van der Waals surface area (Å²) in [4.78, 5) is 16.2. The van der Waals surface area contributed by atoms with E-state index in [1.54, 1.807) is 13.0 Å². The number of hydrogen-bond acceptors (Lipinski definition) is 3. The standard InChI is InChI=1S/C13H13ClN2O2/c1-8(17)7-15-13(18)10-6-12(14)16-11-5-3-2-4-9(10)11/h2-6,8,17H,7H2,1H3,(H,15,18)/t8-/m0/s1. The zero-order chi connectivity index (χ0) is 13.1. The molecule has 5 heteroatoms. The van der Waals surface area contributed by atoms with Crippen molar-refractivity contribution in [2.75, 3.05) is 6.54 Å². The number of carbonyl (C=O) groups excluding carboxylic acids is 1. The number of aliphatic hydroxyl groups excluding tert-OH is 1. The van der Waals surface area contributed by atoms with Gasteiger partial charge in [-0.3, -0.25) is 4.79 Å². The van der Waals surface area contributed by atoms with Gasteiger partial charge in [0.2, 0.25) is 0 Å². The number of aromatic nitrogens is 1. The Bertz CT molecular complexity index is 584. The zero-order valence-corrected chi connectivity index (χ0v) is 10.6. The molecule has 0 aliphatic heterocycles. The summed E-state index contributed by atoms with van der Waals surface area (Å²) in [5.41, 5.74) is 1.14. The first kappa shape index (κ1) is 12.8. The first-order chi connectivity index (χ1) is 8.58. The van der Waals surface area contributed by atoms with E-state index in [4.69, 9.17) is 16.7 Å². The Hall–Kier alpha value is -1.65. The summed E-state index contributed by atoms with van der Waals surface area (Å²) in [6.07, 6.45) is -0.586. The Morgan fingerprint density at radius 1 is 1.50 bits per heavy atom. The Balaban J connectivity index is 2.40. The van der Waals surface area contributed by atoms with Crippen molar-refractivity contribution in [2.45, 2.75) is 13.0 Å². The SMILES string of the molecule is C[C@H](O)CNC(=O)c1cc(Cl)nc2ccccc12. The van der Waals surface area contributed by atoms with Crippen molar-refractivity contribution in [3.63, 3.8) is 0 Å². The second-order valence-corrected chi connectivity index (χ2v) is 4.46. The largest absolute Gasteiger partial charge is 0.392 e. The first-order valence-corrected chi connectivity index (χ1v) is 5.97.